The Morgan fingerprint density at radius 2 is 1.70 bits per heavy atom. The maximum atomic E-state index is 12.5. The van der Waals surface area contributed by atoms with Crippen LogP contribution in [0.3, 0.4) is 0 Å². The molecule has 5 nitrogen and oxygen atoms in total. The van der Waals surface area contributed by atoms with Gasteiger partial charge >= 0.3 is 0 Å². The quantitative estimate of drug-likeness (QED) is 0.700. The van der Waals surface area contributed by atoms with Gasteiger partial charge in [-0.05, 0) is 42.7 Å². The van der Waals surface area contributed by atoms with Crippen LogP contribution >= 0.6 is 23.4 Å². The predicted molar refractivity (Wildman–Crippen MR) is 125 cm³/mol. The molecule has 2 amide bonds. The molecular formula is C23H28ClN3O2S. The van der Waals surface area contributed by atoms with Crippen molar-refractivity contribution in [1.29, 1.82) is 0 Å². The number of carbonyl (C=O) groups excluding carboxylic acids is 2. The lowest BCUT2D eigenvalue weighted by atomic mass is 10.1. The van der Waals surface area contributed by atoms with Crippen molar-refractivity contribution in [3.8, 4) is 0 Å². The molecule has 1 N–H and O–H groups in total. The van der Waals surface area contributed by atoms with Crippen molar-refractivity contribution in [3.05, 3.63) is 64.2 Å². The summed E-state index contributed by atoms with van der Waals surface area (Å²) < 4.78 is 0. The lowest BCUT2D eigenvalue weighted by molar-refractivity contribution is -0.130. The highest BCUT2D eigenvalue weighted by atomic mass is 35.5. The molecule has 0 bridgehead atoms. The molecule has 1 saturated heterocycles. The first kappa shape index (κ1) is 22.7. The van der Waals surface area contributed by atoms with Gasteiger partial charge in [-0.2, -0.15) is 0 Å². The fourth-order valence-corrected chi connectivity index (χ4v) is 4.61. The topological polar surface area (TPSA) is 52.7 Å². The van der Waals surface area contributed by atoms with Crippen molar-refractivity contribution < 1.29 is 9.59 Å². The number of hydrogen-bond acceptors (Lipinski definition) is 4. The van der Waals surface area contributed by atoms with Crippen molar-refractivity contribution >= 4 is 40.9 Å². The maximum Gasteiger partial charge on any atom is 0.238 e. The predicted octanol–water partition coefficient (Wildman–Crippen LogP) is 3.97. The van der Waals surface area contributed by atoms with Crippen LogP contribution in [-0.4, -0.2) is 60.1 Å². The number of thioether (sulfide) groups is 1. The average molecular weight is 446 g/mol. The van der Waals surface area contributed by atoms with Crippen molar-refractivity contribution in [2.45, 2.75) is 19.6 Å². The number of para-hydroxylation sites is 1. The molecule has 7 heteroatoms. The zero-order valence-electron chi connectivity index (χ0n) is 17.5. The summed E-state index contributed by atoms with van der Waals surface area (Å²) in [5.41, 5.74) is 4.15. The number of carbonyl (C=O) groups is 2. The van der Waals surface area contributed by atoms with E-state index >= 15 is 0 Å². The van der Waals surface area contributed by atoms with E-state index in [4.69, 9.17) is 11.6 Å². The van der Waals surface area contributed by atoms with Crippen molar-refractivity contribution in [2.75, 3.05) is 43.8 Å². The standard InChI is InChI=1S/C23H28ClN3O2S/c1-17-5-3-6-18(2)23(17)25-21(28)14-26-9-11-27(12-10-26)22(29)16-30-15-19-7-4-8-20(24)13-19/h3-8,13H,9-12,14-16H2,1-2H3,(H,25,28). The number of anilines is 1. The number of rotatable bonds is 7. The van der Waals surface area contributed by atoms with Crippen LogP contribution in [0.4, 0.5) is 5.69 Å². The molecule has 3 rings (SSSR count). The summed E-state index contributed by atoms with van der Waals surface area (Å²) in [5, 5.41) is 3.75. The molecule has 0 aromatic heterocycles. The molecule has 2 aromatic carbocycles. The number of nitrogens with zero attached hydrogens (tertiary/aromatic N) is 2. The Labute approximate surface area is 187 Å². The van der Waals surface area contributed by atoms with Crippen LogP contribution in [0.5, 0.6) is 0 Å². The summed E-state index contributed by atoms with van der Waals surface area (Å²) in [7, 11) is 0. The summed E-state index contributed by atoms with van der Waals surface area (Å²) in [5.74, 6) is 1.37. The van der Waals surface area contributed by atoms with Crippen LogP contribution in [0.1, 0.15) is 16.7 Å². The second kappa shape index (κ2) is 10.8. The van der Waals surface area contributed by atoms with Gasteiger partial charge in [0.15, 0.2) is 0 Å². The van der Waals surface area contributed by atoms with E-state index < -0.39 is 0 Å². The highest BCUT2D eigenvalue weighted by Gasteiger charge is 2.22. The number of piperazine rings is 1. The van der Waals surface area contributed by atoms with Gasteiger partial charge in [0, 0.05) is 42.6 Å². The highest BCUT2D eigenvalue weighted by Crippen LogP contribution is 2.20. The SMILES string of the molecule is Cc1cccc(C)c1NC(=O)CN1CCN(C(=O)CSCc2cccc(Cl)c2)CC1. The molecular weight excluding hydrogens is 418 g/mol. The van der Waals surface area contributed by atoms with Crippen LogP contribution in [0.25, 0.3) is 0 Å². The Kier molecular flexibility index (Phi) is 8.19. The zero-order valence-corrected chi connectivity index (χ0v) is 19.1. The molecule has 30 heavy (non-hydrogen) atoms. The monoisotopic (exact) mass is 445 g/mol. The number of amides is 2. The number of nitrogens with one attached hydrogen (secondary N) is 1. The molecule has 1 heterocycles. The molecule has 0 unspecified atom stereocenters. The first-order chi connectivity index (χ1) is 14.4. The van der Waals surface area contributed by atoms with Crippen molar-refractivity contribution in [3.63, 3.8) is 0 Å². The fourth-order valence-electron chi connectivity index (χ4n) is 3.52. The van der Waals surface area contributed by atoms with E-state index in [1.165, 1.54) is 0 Å². The smallest absolute Gasteiger partial charge is 0.238 e. The van der Waals surface area contributed by atoms with Crippen LogP contribution in [0.15, 0.2) is 42.5 Å². The van der Waals surface area contributed by atoms with Crippen LogP contribution in [0.2, 0.25) is 5.02 Å². The van der Waals surface area contributed by atoms with E-state index in [1.54, 1.807) is 11.8 Å². The van der Waals surface area contributed by atoms with Crippen LogP contribution < -0.4 is 5.32 Å². The maximum absolute atomic E-state index is 12.5. The first-order valence-electron chi connectivity index (χ1n) is 10.1. The molecule has 1 aliphatic rings. The van der Waals surface area contributed by atoms with E-state index in [-0.39, 0.29) is 11.8 Å². The first-order valence-corrected chi connectivity index (χ1v) is 11.6. The Balaban J connectivity index is 1.38. The molecule has 0 aliphatic carbocycles. The molecule has 0 atom stereocenters. The van der Waals surface area contributed by atoms with Crippen molar-refractivity contribution in [1.82, 2.24) is 9.80 Å². The minimum Gasteiger partial charge on any atom is -0.339 e. The number of aryl methyl sites for hydroxylation is 2. The van der Waals surface area contributed by atoms with E-state index in [9.17, 15) is 9.59 Å². The van der Waals surface area contributed by atoms with Gasteiger partial charge in [0.1, 0.15) is 0 Å². The molecule has 0 radical (unpaired) electrons. The summed E-state index contributed by atoms with van der Waals surface area (Å²) in [6.45, 7) is 7.09. The fraction of sp³-hybridized carbons (Fsp3) is 0.391. The van der Waals surface area contributed by atoms with Gasteiger partial charge < -0.3 is 10.2 Å². The van der Waals surface area contributed by atoms with E-state index in [1.807, 2.05) is 61.2 Å². The lowest BCUT2D eigenvalue weighted by Crippen LogP contribution is -2.50. The Morgan fingerprint density at radius 3 is 2.37 bits per heavy atom. The molecule has 160 valence electrons. The largest absolute Gasteiger partial charge is 0.339 e. The normalized spacial score (nSPS) is 14.6. The van der Waals surface area contributed by atoms with Gasteiger partial charge in [-0.1, -0.05) is 41.9 Å². The Bertz CT molecular complexity index is 878. The number of hydrogen-bond donors (Lipinski definition) is 1. The highest BCUT2D eigenvalue weighted by molar-refractivity contribution is 7.99. The number of benzene rings is 2. The van der Waals surface area contributed by atoms with Crippen LogP contribution in [0, 0.1) is 13.8 Å². The molecule has 2 aromatic rings. The van der Waals surface area contributed by atoms with Gasteiger partial charge in [0.2, 0.25) is 11.8 Å². The van der Waals surface area contributed by atoms with Crippen molar-refractivity contribution in [2.24, 2.45) is 0 Å². The minimum atomic E-state index is -0.00995. The third-order valence-corrected chi connectivity index (χ3v) is 6.44. The van der Waals surface area contributed by atoms with E-state index in [2.05, 4.69) is 10.2 Å². The molecule has 0 spiro atoms. The van der Waals surface area contributed by atoms with Gasteiger partial charge in [-0.25, -0.2) is 0 Å². The molecule has 1 aliphatic heterocycles. The average Bonchev–Trinajstić information content (AvgIpc) is 2.71. The van der Waals surface area contributed by atoms with Crippen LogP contribution in [-0.2, 0) is 15.3 Å². The van der Waals surface area contributed by atoms with E-state index in [0.29, 0.717) is 38.5 Å². The minimum absolute atomic E-state index is 0.00995. The third kappa shape index (κ3) is 6.49. The van der Waals surface area contributed by atoms with Gasteiger partial charge in [-0.3, -0.25) is 14.5 Å². The second-order valence-corrected chi connectivity index (χ2v) is 9.02. The third-order valence-electron chi connectivity index (χ3n) is 5.22. The Hall–Kier alpha value is -2.02. The summed E-state index contributed by atoms with van der Waals surface area (Å²) in [4.78, 5) is 28.9. The second-order valence-electron chi connectivity index (χ2n) is 7.59. The van der Waals surface area contributed by atoms with Gasteiger partial charge in [-0.15, -0.1) is 11.8 Å². The molecule has 1 fully saturated rings. The molecule has 0 saturated carbocycles. The van der Waals surface area contributed by atoms with Gasteiger partial charge in [0.05, 0.1) is 12.3 Å². The summed E-state index contributed by atoms with van der Waals surface area (Å²) >= 11 is 7.61. The number of halogens is 1. The zero-order chi connectivity index (χ0) is 21.5. The summed E-state index contributed by atoms with van der Waals surface area (Å²) in [6.07, 6.45) is 0. The van der Waals surface area contributed by atoms with E-state index in [0.717, 1.165) is 33.2 Å². The van der Waals surface area contributed by atoms with Gasteiger partial charge in [0.25, 0.3) is 0 Å². The Morgan fingerprint density at radius 1 is 1.03 bits per heavy atom. The summed E-state index contributed by atoms with van der Waals surface area (Å²) in [6, 6.07) is 13.7. The lowest BCUT2D eigenvalue weighted by Gasteiger charge is -2.34.